The third-order valence-electron chi connectivity index (χ3n) is 2.26. The first-order valence-electron chi connectivity index (χ1n) is 6.19. The fourth-order valence-corrected chi connectivity index (χ4v) is 2.44. The van der Waals surface area contributed by atoms with E-state index >= 15 is 0 Å². The molecule has 0 aliphatic rings. The van der Waals surface area contributed by atoms with Crippen LogP contribution in [0, 0.1) is 3.57 Å². The summed E-state index contributed by atoms with van der Waals surface area (Å²) in [6.07, 6.45) is 1.68. The van der Waals surface area contributed by atoms with E-state index in [0.717, 1.165) is 21.4 Å². The first-order chi connectivity index (χ1) is 9.62. The third-order valence-corrected chi connectivity index (χ3v) is 3.29. The van der Waals surface area contributed by atoms with Crippen molar-refractivity contribution < 1.29 is 9.47 Å². The lowest BCUT2D eigenvalue weighted by Crippen LogP contribution is -2.31. The van der Waals surface area contributed by atoms with Crippen LogP contribution in [-0.4, -0.2) is 31.6 Å². The van der Waals surface area contributed by atoms with Crippen molar-refractivity contribution in [2.75, 3.05) is 20.3 Å². The lowest BCUT2D eigenvalue weighted by molar-refractivity contribution is 0.308. The van der Waals surface area contributed by atoms with E-state index in [9.17, 15) is 0 Å². The van der Waals surface area contributed by atoms with Crippen LogP contribution < -0.4 is 20.2 Å². The zero-order chi connectivity index (χ0) is 15.0. The Labute approximate surface area is 138 Å². The minimum atomic E-state index is 0.497. The molecule has 0 atom stereocenters. The van der Waals surface area contributed by atoms with Gasteiger partial charge in [-0.2, -0.15) is 5.10 Å². The third kappa shape index (κ3) is 5.12. The Morgan fingerprint density at radius 1 is 1.45 bits per heavy atom. The molecule has 1 rings (SSSR count). The highest BCUT2D eigenvalue weighted by atomic mass is 127. The second kappa shape index (κ2) is 8.96. The number of halogens is 1. The highest BCUT2D eigenvalue weighted by Crippen LogP contribution is 2.33. The van der Waals surface area contributed by atoms with Crippen LogP contribution in [0.25, 0.3) is 0 Å². The van der Waals surface area contributed by atoms with Gasteiger partial charge in [-0.1, -0.05) is 0 Å². The predicted molar refractivity (Wildman–Crippen MR) is 93.9 cm³/mol. The summed E-state index contributed by atoms with van der Waals surface area (Å²) in [5.74, 6) is 1.44. The van der Waals surface area contributed by atoms with E-state index in [1.807, 2.05) is 26.0 Å². The van der Waals surface area contributed by atoms with Gasteiger partial charge in [0.1, 0.15) is 0 Å². The molecule has 7 heteroatoms. The van der Waals surface area contributed by atoms with E-state index in [1.54, 1.807) is 13.3 Å². The number of hydrogen-bond acceptors (Lipinski definition) is 4. The van der Waals surface area contributed by atoms with E-state index in [-0.39, 0.29) is 0 Å². The first kappa shape index (κ1) is 17.0. The minimum Gasteiger partial charge on any atom is -0.493 e. The lowest BCUT2D eigenvalue weighted by Gasteiger charge is -2.12. The summed E-state index contributed by atoms with van der Waals surface area (Å²) in [6.45, 7) is 5.27. The molecular weight excluding hydrogens is 389 g/mol. The summed E-state index contributed by atoms with van der Waals surface area (Å²) in [5.41, 5.74) is 3.65. The Morgan fingerprint density at radius 3 is 2.80 bits per heavy atom. The number of hydrogen-bond donors (Lipinski definition) is 2. The SMILES string of the molecule is CCNC(=S)N/N=C/c1cc(I)c(OCC)c(OC)c1. The molecule has 0 aliphatic heterocycles. The van der Waals surface area contributed by atoms with Crippen molar-refractivity contribution in [2.45, 2.75) is 13.8 Å². The molecule has 20 heavy (non-hydrogen) atoms. The average molecular weight is 407 g/mol. The summed E-state index contributed by atoms with van der Waals surface area (Å²) in [5, 5.41) is 7.52. The molecule has 0 radical (unpaired) electrons. The second-order valence-corrected chi connectivity index (χ2v) is 5.27. The van der Waals surface area contributed by atoms with Crippen LogP contribution in [0.2, 0.25) is 0 Å². The van der Waals surface area contributed by atoms with Gasteiger partial charge >= 0.3 is 0 Å². The molecule has 1 aromatic rings. The first-order valence-corrected chi connectivity index (χ1v) is 7.68. The number of hydrazone groups is 1. The summed E-state index contributed by atoms with van der Waals surface area (Å²) in [4.78, 5) is 0. The van der Waals surface area contributed by atoms with Crippen LogP contribution in [-0.2, 0) is 0 Å². The number of nitrogens with zero attached hydrogens (tertiary/aromatic N) is 1. The van der Waals surface area contributed by atoms with E-state index in [1.165, 1.54) is 0 Å². The predicted octanol–water partition coefficient (Wildman–Crippen LogP) is 2.52. The molecule has 0 heterocycles. The lowest BCUT2D eigenvalue weighted by atomic mass is 10.2. The van der Waals surface area contributed by atoms with Crippen molar-refractivity contribution in [2.24, 2.45) is 5.10 Å². The second-order valence-electron chi connectivity index (χ2n) is 3.70. The molecule has 2 N–H and O–H groups in total. The van der Waals surface area contributed by atoms with Crippen LogP contribution in [0.4, 0.5) is 0 Å². The van der Waals surface area contributed by atoms with Crippen molar-refractivity contribution in [1.29, 1.82) is 0 Å². The van der Waals surface area contributed by atoms with Gasteiger partial charge in [0, 0.05) is 6.54 Å². The van der Waals surface area contributed by atoms with Gasteiger partial charge in [-0.25, -0.2) is 0 Å². The fraction of sp³-hybridized carbons (Fsp3) is 0.385. The van der Waals surface area contributed by atoms with Crippen molar-refractivity contribution in [1.82, 2.24) is 10.7 Å². The Morgan fingerprint density at radius 2 is 2.20 bits per heavy atom. The number of nitrogens with one attached hydrogen (secondary N) is 2. The van der Waals surface area contributed by atoms with Gasteiger partial charge in [0.2, 0.25) is 0 Å². The van der Waals surface area contributed by atoms with Gasteiger partial charge in [-0.05, 0) is 66.4 Å². The van der Waals surface area contributed by atoms with Gasteiger partial charge in [0.15, 0.2) is 16.6 Å². The topological polar surface area (TPSA) is 54.9 Å². The van der Waals surface area contributed by atoms with E-state index in [0.29, 0.717) is 17.5 Å². The molecular formula is C13H18IN3O2S. The summed E-state index contributed by atoms with van der Waals surface area (Å²) < 4.78 is 11.9. The standard InChI is InChI=1S/C13H18IN3O2S/c1-4-15-13(20)17-16-8-9-6-10(14)12(19-5-2)11(7-9)18-3/h6-8H,4-5H2,1-3H3,(H2,15,17,20)/b16-8+. The van der Waals surface area contributed by atoms with Crippen LogP contribution in [0.5, 0.6) is 11.5 Å². The van der Waals surface area contributed by atoms with Crippen LogP contribution in [0.3, 0.4) is 0 Å². The van der Waals surface area contributed by atoms with E-state index in [2.05, 4.69) is 38.4 Å². The van der Waals surface area contributed by atoms with Gasteiger partial charge in [-0.15, -0.1) is 0 Å². The van der Waals surface area contributed by atoms with E-state index in [4.69, 9.17) is 21.7 Å². The van der Waals surface area contributed by atoms with Crippen LogP contribution in [0.15, 0.2) is 17.2 Å². The molecule has 0 unspecified atom stereocenters. The Hall–Kier alpha value is -1.09. The normalized spacial score (nSPS) is 10.4. The van der Waals surface area contributed by atoms with Gasteiger partial charge in [0.25, 0.3) is 0 Å². The molecule has 0 amide bonds. The molecule has 1 aromatic carbocycles. The summed E-state index contributed by atoms with van der Waals surface area (Å²) >= 11 is 7.23. The summed E-state index contributed by atoms with van der Waals surface area (Å²) in [7, 11) is 1.62. The van der Waals surface area contributed by atoms with Gasteiger partial charge in [-0.3, -0.25) is 5.43 Å². The average Bonchev–Trinajstić information content (AvgIpc) is 2.41. The minimum absolute atomic E-state index is 0.497. The molecule has 0 bridgehead atoms. The summed E-state index contributed by atoms with van der Waals surface area (Å²) in [6, 6.07) is 3.84. The molecule has 0 saturated carbocycles. The molecule has 0 aliphatic carbocycles. The molecule has 110 valence electrons. The van der Waals surface area contributed by atoms with E-state index < -0.39 is 0 Å². The van der Waals surface area contributed by atoms with Crippen molar-refractivity contribution in [3.05, 3.63) is 21.3 Å². The highest BCUT2D eigenvalue weighted by Gasteiger charge is 2.10. The van der Waals surface area contributed by atoms with Gasteiger partial charge in [0.05, 0.1) is 23.5 Å². The Kier molecular flexibility index (Phi) is 7.60. The number of ether oxygens (including phenoxy) is 2. The maximum absolute atomic E-state index is 5.56. The smallest absolute Gasteiger partial charge is 0.186 e. The largest absolute Gasteiger partial charge is 0.493 e. The highest BCUT2D eigenvalue weighted by molar-refractivity contribution is 14.1. The van der Waals surface area contributed by atoms with Crippen LogP contribution in [0.1, 0.15) is 19.4 Å². The zero-order valence-electron chi connectivity index (χ0n) is 11.7. The molecule has 5 nitrogen and oxygen atoms in total. The van der Waals surface area contributed by atoms with Crippen molar-refractivity contribution >= 4 is 46.1 Å². The Balaban J connectivity index is 2.84. The fourth-order valence-electron chi connectivity index (χ4n) is 1.46. The molecule has 0 aromatic heterocycles. The molecule has 0 fully saturated rings. The van der Waals surface area contributed by atoms with Gasteiger partial charge < -0.3 is 14.8 Å². The Bertz CT molecular complexity index is 495. The van der Waals surface area contributed by atoms with Crippen molar-refractivity contribution in [3.8, 4) is 11.5 Å². The molecule has 0 spiro atoms. The number of methoxy groups -OCH3 is 1. The number of rotatable bonds is 6. The van der Waals surface area contributed by atoms with Crippen molar-refractivity contribution in [3.63, 3.8) is 0 Å². The maximum atomic E-state index is 5.56. The zero-order valence-corrected chi connectivity index (χ0v) is 14.7. The quantitative estimate of drug-likeness (QED) is 0.329. The maximum Gasteiger partial charge on any atom is 0.186 e. The monoisotopic (exact) mass is 407 g/mol. The number of thiocarbonyl (C=S) groups is 1. The van der Waals surface area contributed by atoms with Crippen LogP contribution >= 0.6 is 34.8 Å². The molecule has 0 saturated heterocycles. The number of benzene rings is 1.